The lowest BCUT2D eigenvalue weighted by Crippen LogP contribution is -2.15. The lowest BCUT2D eigenvalue weighted by Gasteiger charge is -2.15. The number of rotatable bonds is 4. The summed E-state index contributed by atoms with van der Waals surface area (Å²) in [6.45, 7) is 3.71. The van der Waals surface area contributed by atoms with E-state index in [9.17, 15) is 4.79 Å². The molecule has 0 aromatic carbocycles. The highest BCUT2D eigenvalue weighted by Crippen LogP contribution is 2.18. The van der Waals surface area contributed by atoms with E-state index in [0.717, 1.165) is 6.29 Å². The molecule has 6 heteroatoms. The molecule has 0 radical (unpaired) electrons. The second-order valence-electron chi connectivity index (χ2n) is 4.07. The number of hydrogen-bond donors (Lipinski definition) is 2. The minimum absolute atomic E-state index is 0.112. The first-order valence-electron chi connectivity index (χ1n) is 4.65. The van der Waals surface area contributed by atoms with Crippen LogP contribution in [0.1, 0.15) is 26.1 Å². The molecule has 0 bridgehead atoms. The van der Waals surface area contributed by atoms with Gasteiger partial charge in [-0.15, -0.1) is 0 Å². The summed E-state index contributed by atoms with van der Waals surface area (Å²) in [6, 6.07) is 0. The topological polar surface area (TPSA) is 108 Å². The van der Waals surface area contributed by atoms with Crippen LogP contribution >= 0.6 is 0 Å². The van der Waals surface area contributed by atoms with E-state index < -0.39 is 0 Å². The molecule has 0 aliphatic heterocycles. The number of aryl methyl sites for hydroxylation is 1. The van der Waals surface area contributed by atoms with Crippen LogP contribution < -0.4 is 11.5 Å². The van der Waals surface area contributed by atoms with Gasteiger partial charge in [0.1, 0.15) is 12.1 Å². The minimum Gasteiger partial charge on any atom is -0.368 e. The van der Waals surface area contributed by atoms with Crippen LogP contribution in [0.4, 0.5) is 11.9 Å². The quantitative estimate of drug-likeness (QED) is 0.685. The molecular formula is C9H15N5O. The molecule has 0 saturated heterocycles. The van der Waals surface area contributed by atoms with Crippen molar-refractivity contribution in [2.45, 2.75) is 26.7 Å². The molecule has 0 amide bonds. The van der Waals surface area contributed by atoms with Gasteiger partial charge < -0.3 is 16.3 Å². The first-order valence-corrected chi connectivity index (χ1v) is 4.65. The summed E-state index contributed by atoms with van der Waals surface area (Å²) in [5.41, 5.74) is 10.5. The third kappa shape index (κ3) is 3.49. The third-order valence-corrected chi connectivity index (χ3v) is 2.03. The van der Waals surface area contributed by atoms with Crippen LogP contribution in [0.25, 0.3) is 0 Å². The predicted octanol–water partition coefficient (Wildman–Crippen LogP) is 0.194. The summed E-state index contributed by atoms with van der Waals surface area (Å²) in [5.74, 6) is 0.748. The largest absolute Gasteiger partial charge is 0.368 e. The second-order valence-corrected chi connectivity index (χ2v) is 4.07. The Bertz CT molecular complexity index is 343. The number of nitrogens with two attached hydrogens (primary N) is 2. The lowest BCUT2D eigenvalue weighted by atomic mass is 9.90. The number of anilines is 2. The zero-order valence-corrected chi connectivity index (χ0v) is 8.90. The predicted molar refractivity (Wildman–Crippen MR) is 56.8 cm³/mol. The molecule has 0 atom stereocenters. The van der Waals surface area contributed by atoms with Gasteiger partial charge in [0.05, 0.1) is 0 Å². The van der Waals surface area contributed by atoms with Crippen LogP contribution in [0, 0.1) is 5.41 Å². The SMILES string of the molecule is CC(C)(C=O)CCc1nc(N)nc(N)n1. The molecule has 1 heterocycles. The van der Waals surface area contributed by atoms with E-state index in [-0.39, 0.29) is 17.3 Å². The number of hydrogen-bond acceptors (Lipinski definition) is 6. The van der Waals surface area contributed by atoms with E-state index in [1.165, 1.54) is 0 Å². The van der Waals surface area contributed by atoms with Crippen LogP contribution in [0.5, 0.6) is 0 Å². The average molecular weight is 209 g/mol. The molecule has 0 unspecified atom stereocenters. The van der Waals surface area contributed by atoms with Crippen LogP contribution in [-0.4, -0.2) is 21.2 Å². The van der Waals surface area contributed by atoms with Gasteiger partial charge in [-0.25, -0.2) is 0 Å². The maximum absolute atomic E-state index is 10.7. The molecule has 0 aliphatic rings. The highest BCUT2D eigenvalue weighted by molar-refractivity contribution is 5.57. The van der Waals surface area contributed by atoms with Gasteiger partial charge in [-0.05, 0) is 6.42 Å². The van der Waals surface area contributed by atoms with Crippen LogP contribution in [-0.2, 0) is 11.2 Å². The molecule has 1 aromatic rings. The Hall–Kier alpha value is -1.72. The minimum atomic E-state index is -0.379. The maximum atomic E-state index is 10.7. The van der Waals surface area contributed by atoms with Gasteiger partial charge in [-0.2, -0.15) is 15.0 Å². The molecule has 82 valence electrons. The van der Waals surface area contributed by atoms with Crippen molar-refractivity contribution in [2.75, 3.05) is 11.5 Å². The summed E-state index contributed by atoms with van der Waals surface area (Å²) >= 11 is 0. The molecule has 0 aliphatic carbocycles. The lowest BCUT2D eigenvalue weighted by molar-refractivity contribution is -0.114. The monoisotopic (exact) mass is 209 g/mol. The van der Waals surface area contributed by atoms with Gasteiger partial charge in [0.2, 0.25) is 11.9 Å². The molecule has 0 saturated carbocycles. The fourth-order valence-electron chi connectivity index (χ4n) is 1.06. The molecule has 1 aromatic heterocycles. The first kappa shape index (κ1) is 11.4. The zero-order valence-electron chi connectivity index (χ0n) is 8.90. The van der Waals surface area contributed by atoms with Crippen molar-refractivity contribution in [1.82, 2.24) is 15.0 Å². The van der Waals surface area contributed by atoms with Gasteiger partial charge >= 0.3 is 0 Å². The summed E-state index contributed by atoms with van der Waals surface area (Å²) in [7, 11) is 0. The Morgan fingerprint density at radius 3 is 2.20 bits per heavy atom. The van der Waals surface area contributed by atoms with Crippen molar-refractivity contribution in [3.63, 3.8) is 0 Å². The Morgan fingerprint density at radius 2 is 1.73 bits per heavy atom. The number of carbonyl (C=O) groups is 1. The van der Waals surface area contributed by atoms with Crippen LogP contribution in [0.3, 0.4) is 0 Å². The van der Waals surface area contributed by atoms with Crippen molar-refractivity contribution in [1.29, 1.82) is 0 Å². The molecule has 0 fully saturated rings. The van der Waals surface area contributed by atoms with E-state index in [1.54, 1.807) is 0 Å². The van der Waals surface area contributed by atoms with Crippen molar-refractivity contribution in [3.05, 3.63) is 5.82 Å². The average Bonchev–Trinajstić information content (AvgIpc) is 2.14. The van der Waals surface area contributed by atoms with E-state index in [2.05, 4.69) is 15.0 Å². The van der Waals surface area contributed by atoms with Gasteiger partial charge in [-0.3, -0.25) is 0 Å². The number of nitrogen functional groups attached to an aromatic ring is 2. The highest BCUT2D eigenvalue weighted by atomic mass is 16.1. The van der Waals surface area contributed by atoms with Gasteiger partial charge in [0, 0.05) is 11.8 Å². The molecule has 6 nitrogen and oxygen atoms in total. The normalized spacial score (nSPS) is 11.3. The van der Waals surface area contributed by atoms with Crippen molar-refractivity contribution >= 4 is 18.2 Å². The van der Waals surface area contributed by atoms with Crippen molar-refractivity contribution in [3.8, 4) is 0 Å². The Labute approximate surface area is 88.1 Å². The van der Waals surface area contributed by atoms with Crippen molar-refractivity contribution in [2.24, 2.45) is 5.41 Å². The first-order chi connectivity index (χ1) is 6.93. The molecule has 4 N–H and O–H groups in total. The van der Waals surface area contributed by atoms with Gasteiger partial charge in [0.25, 0.3) is 0 Å². The smallest absolute Gasteiger partial charge is 0.225 e. The Morgan fingerprint density at radius 1 is 1.20 bits per heavy atom. The van der Waals surface area contributed by atoms with E-state index in [1.807, 2.05) is 13.8 Å². The van der Waals surface area contributed by atoms with E-state index >= 15 is 0 Å². The molecule has 15 heavy (non-hydrogen) atoms. The molecule has 1 rings (SSSR count). The van der Waals surface area contributed by atoms with Gasteiger partial charge in [0.15, 0.2) is 0 Å². The summed E-state index contributed by atoms with van der Waals surface area (Å²) in [5, 5.41) is 0. The maximum Gasteiger partial charge on any atom is 0.225 e. The summed E-state index contributed by atoms with van der Waals surface area (Å²) in [6.07, 6.45) is 2.13. The standard InChI is InChI=1S/C9H15N5O/c1-9(2,5-15)4-3-6-12-7(10)14-8(11)13-6/h5H,3-4H2,1-2H3,(H4,10,11,12,13,14). The Kier molecular flexibility index (Phi) is 3.18. The fraction of sp³-hybridized carbons (Fsp3) is 0.556. The van der Waals surface area contributed by atoms with Crippen LogP contribution in [0.15, 0.2) is 0 Å². The Balaban J connectivity index is 2.69. The van der Waals surface area contributed by atoms with Crippen LogP contribution in [0.2, 0.25) is 0 Å². The number of nitrogens with zero attached hydrogens (tertiary/aromatic N) is 3. The fourth-order valence-corrected chi connectivity index (χ4v) is 1.06. The zero-order chi connectivity index (χ0) is 11.5. The second kappa shape index (κ2) is 4.20. The highest BCUT2D eigenvalue weighted by Gasteiger charge is 2.17. The summed E-state index contributed by atoms with van der Waals surface area (Å²) < 4.78 is 0. The van der Waals surface area contributed by atoms with Gasteiger partial charge in [-0.1, -0.05) is 13.8 Å². The van der Waals surface area contributed by atoms with E-state index in [0.29, 0.717) is 18.7 Å². The molecule has 0 spiro atoms. The van der Waals surface area contributed by atoms with Crippen molar-refractivity contribution < 1.29 is 4.79 Å². The third-order valence-electron chi connectivity index (χ3n) is 2.03. The number of aromatic nitrogens is 3. The number of carbonyl (C=O) groups excluding carboxylic acids is 1. The molecular weight excluding hydrogens is 194 g/mol. The summed E-state index contributed by atoms with van der Waals surface area (Å²) in [4.78, 5) is 22.2. The van der Waals surface area contributed by atoms with E-state index in [4.69, 9.17) is 11.5 Å². The number of aldehydes is 1.